The lowest BCUT2D eigenvalue weighted by atomic mass is 9.69. The molecule has 0 aromatic heterocycles. The number of aliphatic hydroxyl groups is 1. The third kappa shape index (κ3) is 3.48. The maximum Gasteiger partial charge on any atom is 0.302 e. The molecule has 0 spiro atoms. The van der Waals surface area contributed by atoms with Gasteiger partial charge in [-0.05, 0) is 43.4 Å². The molecule has 0 amide bonds. The molecule has 1 aliphatic carbocycles. The van der Waals surface area contributed by atoms with Gasteiger partial charge >= 0.3 is 5.97 Å². The van der Waals surface area contributed by atoms with Crippen molar-refractivity contribution in [3.63, 3.8) is 0 Å². The van der Waals surface area contributed by atoms with Gasteiger partial charge in [-0.3, -0.25) is 4.79 Å². The number of carbonyl (C=O) groups excluding carboxylic acids is 1. The maximum absolute atomic E-state index is 11.1. The second-order valence-electron chi connectivity index (χ2n) is 5.30. The summed E-state index contributed by atoms with van der Waals surface area (Å²) in [4.78, 5) is 11.1. The minimum Gasteiger partial charge on any atom is -0.465 e. The Hall–Kier alpha value is -1.06. The summed E-state index contributed by atoms with van der Waals surface area (Å²) in [6.07, 6.45) is 2.89. The number of aliphatic hydroxyl groups excluding tert-OH is 1. The zero-order chi connectivity index (χ0) is 13.9. The van der Waals surface area contributed by atoms with Gasteiger partial charge in [-0.1, -0.05) is 23.7 Å². The van der Waals surface area contributed by atoms with Crippen LogP contribution in [-0.4, -0.2) is 23.8 Å². The number of benzene rings is 1. The van der Waals surface area contributed by atoms with E-state index in [4.69, 9.17) is 16.3 Å². The van der Waals surface area contributed by atoms with Crippen molar-refractivity contribution in [1.82, 2.24) is 0 Å². The summed E-state index contributed by atoms with van der Waals surface area (Å²) in [5.74, 6) is -0.264. The van der Waals surface area contributed by atoms with Crippen molar-refractivity contribution < 1.29 is 14.6 Å². The minimum absolute atomic E-state index is 0.185. The zero-order valence-electron chi connectivity index (χ0n) is 11.1. The second-order valence-corrected chi connectivity index (χ2v) is 5.74. The normalized spacial score (nSPS) is 27.0. The first kappa shape index (κ1) is 14.4. The SMILES string of the molecule is CC(=O)OC[C@]1(c2ccc(Cl)cc2)CC[C@H](O)CC1. The molecule has 0 heterocycles. The molecule has 0 unspecified atom stereocenters. The van der Waals surface area contributed by atoms with E-state index >= 15 is 0 Å². The average Bonchev–Trinajstić information content (AvgIpc) is 2.39. The first-order chi connectivity index (χ1) is 9.02. The summed E-state index contributed by atoms with van der Waals surface area (Å²) in [5, 5.41) is 10.4. The Morgan fingerprint density at radius 1 is 1.37 bits per heavy atom. The number of hydrogen-bond acceptors (Lipinski definition) is 3. The quantitative estimate of drug-likeness (QED) is 0.867. The van der Waals surface area contributed by atoms with E-state index in [1.807, 2.05) is 24.3 Å². The van der Waals surface area contributed by atoms with Crippen LogP contribution in [-0.2, 0) is 14.9 Å². The third-order valence-corrected chi connectivity index (χ3v) is 4.17. The molecule has 104 valence electrons. The van der Waals surface area contributed by atoms with Crippen LogP contribution < -0.4 is 0 Å². The standard InChI is InChI=1S/C15H19ClO3/c1-11(17)19-10-15(8-6-14(18)7-9-15)12-2-4-13(16)5-3-12/h2-5,14,18H,6-10H2,1H3/t14-,15-. The van der Waals surface area contributed by atoms with Crippen molar-refractivity contribution >= 4 is 17.6 Å². The van der Waals surface area contributed by atoms with Crippen molar-refractivity contribution in [3.05, 3.63) is 34.9 Å². The summed E-state index contributed by atoms with van der Waals surface area (Å²) >= 11 is 5.92. The molecule has 4 heteroatoms. The van der Waals surface area contributed by atoms with E-state index < -0.39 is 0 Å². The van der Waals surface area contributed by atoms with Crippen LogP contribution in [0.15, 0.2) is 24.3 Å². The number of rotatable bonds is 3. The summed E-state index contributed by atoms with van der Waals surface area (Å²) in [5.41, 5.74) is 0.945. The number of carbonyl (C=O) groups is 1. The largest absolute Gasteiger partial charge is 0.465 e. The van der Waals surface area contributed by atoms with E-state index in [1.54, 1.807) is 0 Å². The zero-order valence-corrected chi connectivity index (χ0v) is 11.8. The van der Waals surface area contributed by atoms with Crippen molar-refractivity contribution in [1.29, 1.82) is 0 Å². The van der Waals surface area contributed by atoms with Crippen LogP contribution in [0.1, 0.15) is 38.2 Å². The van der Waals surface area contributed by atoms with Crippen LogP contribution in [0.4, 0.5) is 0 Å². The molecule has 2 rings (SSSR count). The van der Waals surface area contributed by atoms with Gasteiger partial charge in [0.2, 0.25) is 0 Å². The van der Waals surface area contributed by atoms with Gasteiger partial charge in [-0.2, -0.15) is 0 Å². The summed E-state index contributed by atoms with van der Waals surface area (Å²) < 4.78 is 5.25. The van der Waals surface area contributed by atoms with Crippen LogP contribution in [0.2, 0.25) is 5.02 Å². The molecular formula is C15H19ClO3. The third-order valence-electron chi connectivity index (χ3n) is 3.92. The predicted molar refractivity (Wildman–Crippen MR) is 74.2 cm³/mol. The molecule has 1 fully saturated rings. The van der Waals surface area contributed by atoms with Gasteiger partial charge in [0.15, 0.2) is 0 Å². The Kier molecular flexibility index (Phi) is 4.48. The van der Waals surface area contributed by atoms with Crippen molar-refractivity contribution in [2.24, 2.45) is 0 Å². The van der Waals surface area contributed by atoms with Gasteiger partial charge in [-0.25, -0.2) is 0 Å². The molecule has 1 aromatic rings. The fourth-order valence-electron chi connectivity index (χ4n) is 2.71. The Morgan fingerprint density at radius 3 is 2.47 bits per heavy atom. The van der Waals surface area contributed by atoms with Crippen LogP contribution in [0.5, 0.6) is 0 Å². The highest BCUT2D eigenvalue weighted by Gasteiger charge is 2.37. The van der Waals surface area contributed by atoms with Crippen LogP contribution in [0.3, 0.4) is 0 Å². The van der Waals surface area contributed by atoms with Crippen LogP contribution >= 0.6 is 11.6 Å². The van der Waals surface area contributed by atoms with Gasteiger partial charge in [-0.15, -0.1) is 0 Å². The van der Waals surface area contributed by atoms with Crippen LogP contribution in [0, 0.1) is 0 Å². The van der Waals surface area contributed by atoms with Gasteiger partial charge in [0.25, 0.3) is 0 Å². The monoisotopic (exact) mass is 282 g/mol. The molecule has 1 aromatic carbocycles. The van der Waals surface area contributed by atoms with E-state index in [0.29, 0.717) is 11.6 Å². The van der Waals surface area contributed by atoms with Gasteiger partial charge in [0, 0.05) is 17.4 Å². The van der Waals surface area contributed by atoms with Crippen molar-refractivity contribution in [2.45, 2.75) is 44.1 Å². The molecule has 0 bridgehead atoms. The molecule has 1 aliphatic rings. The number of halogens is 1. The molecule has 0 atom stereocenters. The summed E-state index contributed by atoms with van der Waals surface area (Å²) in [7, 11) is 0. The van der Waals surface area contributed by atoms with Gasteiger partial charge < -0.3 is 9.84 Å². The van der Waals surface area contributed by atoms with E-state index in [-0.39, 0.29) is 17.5 Å². The molecule has 1 saturated carbocycles. The van der Waals surface area contributed by atoms with Crippen molar-refractivity contribution in [3.8, 4) is 0 Å². The molecule has 0 radical (unpaired) electrons. The first-order valence-corrected chi connectivity index (χ1v) is 6.97. The smallest absolute Gasteiger partial charge is 0.302 e. The molecule has 0 aliphatic heterocycles. The number of hydrogen-bond donors (Lipinski definition) is 1. The maximum atomic E-state index is 11.1. The fourth-order valence-corrected chi connectivity index (χ4v) is 2.84. The minimum atomic E-state index is -0.264. The van der Waals surface area contributed by atoms with Crippen LogP contribution in [0.25, 0.3) is 0 Å². The number of ether oxygens (including phenoxy) is 1. The topological polar surface area (TPSA) is 46.5 Å². The molecule has 3 nitrogen and oxygen atoms in total. The van der Waals surface area contributed by atoms with Crippen molar-refractivity contribution in [2.75, 3.05) is 6.61 Å². The predicted octanol–water partition coefficient (Wildman–Crippen LogP) is 3.08. The molecule has 19 heavy (non-hydrogen) atoms. The summed E-state index contributed by atoms with van der Waals surface area (Å²) in [6.45, 7) is 1.80. The van der Waals surface area contributed by atoms with E-state index in [0.717, 1.165) is 31.2 Å². The van der Waals surface area contributed by atoms with E-state index in [9.17, 15) is 9.90 Å². The van der Waals surface area contributed by atoms with Gasteiger partial charge in [0.05, 0.1) is 6.10 Å². The highest BCUT2D eigenvalue weighted by atomic mass is 35.5. The fraction of sp³-hybridized carbons (Fsp3) is 0.533. The Labute approximate surface area is 118 Å². The average molecular weight is 283 g/mol. The highest BCUT2D eigenvalue weighted by Crippen LogP contribution is 2.40. The Morgan fingerprint density at radius 2 is 1.95 bits per heavy atom. The van der Waals surface area contributed by atoms with E-state index in [1.165, 1.54) is 6.92 Å². The van der Waals surface area contributed by atoms with E-state index in [2.05, 4.69) is 0 Å². The Bertz CT molecular complexity index is 433. The lowest BCUT2D eigenvalue weighted by molar-refractivity contribution is -0.143. The van der Waals surface area contributed by atoms with Gasteiger partial charge in [0.1, 0.15) is 6.61 Å². The molecular weight excluding hydrogens is 264 g/mol. The first-order valence-electron chi connectivity index (χ1n) is 6.59. The molecule has 1 N–H and O–H groups in total. The summed E-state index contributed by atoms with van der Waals surface area (Å²) in [6, 6.07) is 7.70. The molecule has 0 saturated heterocycles. The Balaban J connectivity index is 2.22. The highest BCUT2D eigenvalue weighted by molar-refractivity contribution is 6.30. The lowest BCUT2D eigenvalue weighted by Crippen LogP contribution is -2.38. The second kappa shape index (κ2) is 5.93. The lowest BCUT2D eigenvalue weighted by Gasteiger charge is -2.38. The number of esters is 1.